The van der Waals surface area contributed by atoms with Gasteiger partial charge in [0.05, 0.1) is 12.1 Å². The van der Waals surface area contributed by atoms with E-state index in [0.717, 1.165) is 27.7 Å². The molecule has 2 aromatic carbocycles. The maximum Gasteiger partial charge on any atom is 0.328 e. The molecule has 2 aliphatic rings. The van der Waals surface area contributed by atoms with Gasteiger partial charge in [-0.3, -0.25) is 14.4 Å². The summed E-state index contributed by atoms with van der Waals surface area (Å²) in [5.41, 5.74) is 4.07. The maximum absolute atomic E-state index is 13.9. The van der Waals surface area contributed by atoms with E-state index in [0.29, 0.717) is 12.0 Å². The highest BCUT2D eigenvalue weighted by Gasteiger charge is 2.49. The molecule has 3 aromatic rings. The molecule has 0 bridgehead atoms. The maximum atomic E-state index is 13.9. The van der Waals surface area contributed by atoms with Crippen LogP contribution >= 0.6 is 0 Å². The summed E-state index contributed by atoms with van der Waals surface area (Å²) in [6.45, 7) is 4.91. The Labute approximate surface area is 225 Å². The average molecular weight is 533 g/mol. The number of carbonyl (C=O) groups is 4. The molecule has 0 radical (unpaired) electrons. The number of carboxylic acids is 1. The van der Waals surface area contributed by atoms with Gasteiger partial charge in [0, 0.05) is 28.6 Å². The monoisotopic (exact) mass is 532 g/mol. The van der Waals surface area contributed by atoms with Gasteiger partial charge in [-0.2, -0.15) is 0 Å². The number of rotatable bonds is 8. The van der Waals surface area contributed by atoms with E-state index in [1.165, 1.54) is 6.92 Å². The predicted octanol–water partition coefficient (Wildman–Crippen LogP) is 2.12. The molecular weight excluding hydrogens is 500 g/mol. The number of aliphatic carboxylic acids is 1. The standard InChI is InChI=1S/C29H32N4O6/c1-4-14(2)22(27(36)32-23(15(3)34)29(38)39)31-26(35)21-13-19-16-9-7-8-12-20(16)30-24(19)25-17-10-5-6-11-18(17)28(37)33(21)25/h5-12,14-15,21-23,25,30,34H,4,13H2,1-3H3,(H,31,35)(H,32,36)(H,38,39)/t14-,15-,21-,22-,23-,25+/m0/s1. The number of aromatic nitrogens is 1. The van der Waals surface area contributed by atoms with E-state index in [1.807, 2.05) is 43.3 Å². The van der Waals surface area contributed by atoms with Crippen molar-refractivity contribution in [3.8, 4) is 0 Å². The van der Waals surface area contributed by atoms with Crippen LogP contribution in [0.15, 0.2) is 48.5 Å². The molecule has 2 aliphatic heterocycles. The molecule has 10 nitrogen and oxygen atoms in total. The summed E-state index contributed by atoms with van der Waals surface area (Å²) in [5, 5.41) is 25.4. The summed E-state index contributed by atoms with van der Waals surface area (Å²) in [7, 11) is 0. The molecule has 0 aliphatic carbocycles. The quantitative estimate of drug-likeness (QED) is 0.300. The van der Waals surface area contributed by atoms with Crippen molar-refractivity contribution in [3.05, 3.63) is 70.9 Å². The van der Waals surface area contributed by atoms with Crippen molar-refractivity contribution >= 4 is 34.6 Å². The first-order valence-corrected chi connectivity index (χ1v) is 13.2. The minimum absolute atomic E-state index is 0.252. The van der Waals surface area contributed by atoms with E-state index in [1.54, 1.807) is 24.0 Å². The summed E-state index contributed by atoms with van der Waals surface area (Å²) >= 11 is 0. The first-order chi connectivity index (χ1) is 18.6. The van der Waals surface area contributed by atoms with Gasteiger partial charge in [0.25, 0.3) is 5.91 Å². The zero-order chi connectivity index (χ0) is 28.0. The van der Waals surface area contributed by atoms with Crippen molar-refractivity contribution in [1.82, 2.24) is 20.5 Å². The number of nitrogens with zero attached hydrogens (tertiary/aromatic N) is 1. The number of carbonyl (C=O) groups excluding carboxylic acids is 3. The van der Waals surface area contributed by atoms with Gasteiger partial charge in [-0.15, -0.1) is 0 Å². The lowest BCUT2D eigenvalue weighted by Gasteiger charge is -2.38. The van der Waals surface area contributed by atoms with Crippen molar-refractivity contribution in [2.24, 2.45) is 5.92 Å². The van der Waals surface area contributed by atoms with Crippen LogP contribution in [0.2, 0.25) is 0 Å². The summed E-state index contributed by atoms with van der Waals surface area (Å²) in [6, 6.07) is 11.1. The number of para-hydroxylation sites is 1. The molecule has 0 unspecified atom stereocenters. The Morgan fingerprint density at radius 3 is 2.44 bits per heavy atom. The van der Waals surface area contributed by atoms with Gasteiger partial charge in [0.1, 0.15) is 12.1 Å². The van der Waals surface area contributed by atoms with E-state index >= 15 is 0 Å². The Morgan fingerprint density at radius 1 is 1.05 bits per heavy atom. The van der Waals surface area contributed by atoms with Gasteiger partial charge >= 0.3 is 5.97 Å². The minimum Gasteiger partial charge on any atom is -0.480 e. The Balaban J connectivity index is 1.51. The molecule has 0 saturated heterocycles. The van der Waals surface area contributed by atoms with Crippen LogP contribution in [-0.2, 0) is 20.8 Å². The molecule has 204 valence electrons. The molecule has 3 heterocycles. The number of aliphatic hydroxyl groups is 1. The summed E-state index contributed by atoms with van der Waals surface area (Å²) in [6.07, 6.45) is -0.555. The van der Waals surface area contributed by atoms with Crippen molar-refractivity contribution < 1.29 is 29.4 Å². The summed E-state index contributed by atoms with van der Waals surface area (Å²) in [4.78, 5) is 57.4. The van der Waals surface area contributed by atoms with Crippen molar-refractivity contribution in [3.63, 3.8) is 0 Å². The normalized spacial score (nSPS) is 20.8. The second kappa shape index (κ2) is 10.2. The summed E-state index contributed by atoms with van der Waals surface area (Å²) < 4.78 is 0. The number of benzene rings is 2. The van der Waals surface area contributed by atoms with Crippen molar-refractivity contribution in [2.75, 3.05) is 0 Å². The number of carboxylic acid groups (broad SMARTS) is 1. The van der Waals surface area contributed by atoms with E-state index < -0.39 is 48.1 Å². The molecule has 5 N–H and O–H groups in total. The van der Waals surface area contributed by atoms with Crippen LogP contribution in [0.4, 0.5) is 0 Å². The number of aliphatic hydroxyl groups excluding tert-OH is 1. The fraction of sp³-hybridized carbons (Fsp3) is 0.379. The molecule has 3 amide bonds. The minimum atomic E-state index is -1.52. The number of aromatic amines is 1. The molecule has 0 saturated carbocycles. The van der Waals surface area contributed by atoms with Crippen LogP contribution in [0.25, 0.3) is 10.9 Å². The highest BCUT2D eigenvalue weighted by Crippen LogP contribution is 2.46. The molecular formula is C29H32N4O6. The van der Waals surface area contributed by atoms with Crippen LogP contribution in [0.1, 0.15) is 60.4 Å². The van der Waals surface area contributed by atoms with Gasteiger partial charge in [0.15, 0.2) is 6.04 Å². The zero-order valence-electron chi connectivity index (χ0n) is 22.0. The molecule has 1 aromatic heterocycles. The van der Waals surface area contributed by atoms with Crippen LogP contribution in [0, 0.1) is 5.92 Å². The van der Waals surface area contributed by atoms with E-state index in [9.17, 15) is 29.4 Å². The van der Waals surface area contributed by atoms with Gasteiger partial charge in [0.2, 0.25) is 11.8 Å². The lowest BCUT2D eigenvalue weighted by atomic mass is 9.89. The number of hydrogen-bond acceptors (Lipinski definition) is 5. The molecule has 5 rings (SSSR count). The predicted molar refractivity (Wildman–Crippen MR) is 143 cm³/mol. The number of nitrogens with one attached hydrogen (secondary N) is 3. The first kappa shape index (κ1) is 26.4. The molecule has 39 heavy (non-hydrogen) atoms. The lowest BCUT2D eigenvalue weighted by molar-refractivity contribution is -0.145. The van der Waals surface area contributed by atoms with Crippen molar-refractivity contribution in [1.29, 1.82) is 0 Å². The van der Waals surface area contributed by atoms with Gasteiger partial charge < -0.3 is 30.7 Å². The highest BCUT2D eigenvalue weighted by atomic mass is 16.4. The third-order valence-corrected chi connectivity index (χ3v) is 7.99. The number of hydrogen-bond donors (Lipinski definition) is 5. The largest absolute Gasteiger partial charge is 0.480 e. The SMILES string of the molecule is CC[C@H](C)[C@H](NC(=O)[C@@H]1Cc2c([nH]c3ccccc23)[C@H]2c3ccccc3C(=O)N21)C(=O)N[C@H](C(=O)O)[C@H](C)O. The fourth-order valence-corrected chi connectivity index (χ4v) is 5.72. The van der Waals surface area contributed by atoms with E-state index in [2.05, 4.69) is 15.6 Å². The second-order valence-corrected chi connectivity index (χ2v) is 10.4. The van der Waals surface area contributed by atoms with Gasteiger partial charge in [-0.1, -0.05) is 56.7 Å². The zero-order valence-corrected chi connectivity index (χ0v) is 22.0. The Bertz CT molecular complexity index is 1460. The van der Waals surface area contributed by atoms with Crippen LogP contribution < -0.4 is 10.6 Å². The molecule has 0 spiro atoms. The Kier molecular flexibility index (Phi) is 6.90. The average Bonchev–Trinajstić information content (AvgIpc) is 3.44. The number of amides is 3. The second-order valence-electron chi connectivity index (χ2n) is 10.4. The van der Waals surface area contributed by atoms with E-state index in [-0.39, 0.29) is 18.2 Å². The third-order valence-electron chi connectivity index (χ3n) is 7.99. The Morgan fingerprint density at radius 2 is 1.74 bits per heavy atom. The highest BCUT2D eigenvalue weighted by molar-refractivity contribution is 6.04. The lowest BCUT2D eigenvalue weighted by Crippen LogP contribution is -2.60. The van der Waals surface area contributed by atoms with Gasteiger partial charge in [-0.25, -0.2) is 4.79 Å². The fourth-order valence-electron chi connectivity index (χ4n) is 5.72. The van der Waals surface area contributed by atoms with Crippen LogP contribution in [0.5, 0.6) is 0 Å². The Hall–Kier alpha value is -4.18. The first-order valence-electron chi connectivity index (χ1n) is 13.2. The molecule has 0 fully saturated rings. The van der Waals surface area contributed by atoms with Crippen molar-refractivity contribution in [2.45, 2.75) is 63.9 Å². The van der Waals surface area contributed by atoms with Gasteiger partial charge in [-0.05, 0) is 36.1 Å². The van der Waals surface area contributed by atoms with Crippen LogP contribution in [-0.4, -0.2) is 68.0 Å². The molecule has 10 heteroatoms. The third kappa shape index (κ3) is 4.44. The topological polar surface area (TPSA) is 152 Å². The van der Waals surface area contributed by atoms with E-state index in [4.69, 9.17) is 0 Å². The molecule has 6 atom stereocenters. The summed E-state index contributed by atoms with van der Waals surface area (Å²) in [5.74, 6) is -3.19. The smallest absolute Gasteiger partial charge is 0.328 e. The number of H-pyrrole nitrogens is 1. The number of fused-ring (bicyclic) bond motifs is 7. The van der Waals surface area contributed by atoms with Crippen LogP contribution in [0.3, 0.4) is 0 Å².